The smallest absolute Gasteiger partial charge is 0.272 e. The van der Waals surface area contributed by atoms with Crippen LogP contribution in [0, 0.1) is 0 Å². The van der Waals surface area contributed by atoms with Gasteiger partial charge in [0, 0.05) is 10.9 Å². The van der Waals surface area contributed by atoms with E-state index in [9.17, 15) is 14.4 Å². The second-order valence-corrected chi connectivity index (χ2v) is 6.90. The van der Waals surface area contributed by atoms with Crippen molar-refractivity contribution in [3.8, 4) is 0 Å². The molecule has 0 spiro atoms. The van der Waals surface area contributed by atoms with Crippen LogP contribution in [0.4, 0.5) is 0 Å². The van der Waals surface area contributed by atoms with Crippen molar-refractivity contribution in [2.24, 2.45) is 5.10 Å². The molecule has 32 heavy (non-hydrogen) atoms. The fraction of sp³-hybridized carbons (Fsp3) is 0.0417. The van der Waals surface area contributed by atoms with Gasteiger partial charge in [0.15, 0.2) is 6.04 Å². The number of hydrazone groups is 1. The molecule has 2 amide bonds. The van der Waals surface area contributed by atoms with Gasteiger partial charge in [-0.2, -0.15) is 10.2 Å². The zero-order chi connectivity index (χ0) is 22.3. The quantitative estimate of drug-likeness (QED) is 0.325. The number of carbonyl (C=O) groups excluding carboxylic acids is 2. The number of aromatic nitrogens is 2. The average molecular weight is 425 g/mol. The minimum Gasteiger partial charge on any atom is -0.335 e. The standard InChI is InChI=1S/C24H19N5O3/c30-22(17-11-5-2-6-12-17)26-21(24(32)28-25-15-16-9-3-1-4-10-16)20-18-13-7-8-14-19(18)23(31)29-27-20/h1-15,21H,(H,26,30)(H,28,32)(H,29,31)/t21-/m1/s1. The molecule has 0 saturated carbocycles. The van der Waals surface area contributed by atoms with E-state index < -0.39 is 17.9 Å². The van der Waals surface area contributed by atoms with E-state index in [2.05, 4.69) is 26.0 Å². The minimum absolute atomic E-state index is 0.205. The molecular formula is C24H19N5O3. The van der Waals surface area contributed by atoms with Crippen LogP contribution < -0.4 is 16.3 Å². The lowest BCUT2D eigenvalue weighted by Gasteiger charge is -2.18. The number of amides is 2. The Bertz CT molecular complexity index is 1330. The molecule has 1 atom stereocenters. The van der Waals surface area contributed by atoms with Gasteiger partial charge in [-0.1, -0.05) is 66.7 Å². The number of nitrogens with zero attached hydrogens (tertiary/aromatic N) is 2. The molecular weight excluding hydrogens is 406 g/mol. The fourth-order valence-electron chi connectivity index (χ4n) is 3.19. The van der Waals surface area contributed by atoms with Gasteiger partial charge in [-0.15, -0.1) is 0 Å². The Kier molecular flexibility index (Phi) is 6.12. The monoisotopic (exact) mass is 425 g/mol. The highest BCUT2D eigenvalue weighted by Crippen LogP contribution is 2.20. The van der Waals surface area contributed by atoms with Crippen molar-refractivity contribution >= 4 is 28.8 Å². The molecule has 0 radical (unpaired) electrons. The van der Waals surface area contributed by atoms with Crippen molar-refractivity contribution in [3.63, 3.8) is 0 Å². The number of hydrogen-bond acceptors (Lipinski definition) is 5. The summed E-state index contributed by atoms with van der Waals surface area (Å²) < 4.78 is 0. The van der Waals surface area contributed by atoms with Gasteiger partial charge in [-0.25, -0.2) is 10.5 Å². The number of benzene rings is 3. The maximum atomic E-state index is 13.1. The first-order chi connectivity index (χ1) is 15.6. The lowest BCUT2D eigenvalue weighted by Crippen LogP contribution is -2.40. The Morgan fingerprint density at radius 2 is 1.50 bits per heavy atom. The van der Waals surface area contributed by atoms with Crippen LogP contribution in [0.15, 0.2) is 94.8 Å². The summed E-state index contributed by atoms with van der Waals surface area (Å²) in [4.78, 5) is 38.0. The summed E-state index contributed by atoms with van der Waals surface area (Å²) in [5, 5.41) is 14.0. The van der Waals surface area contributed by atoms with Crippen LogP contribution in [0.2, 0.25) is 0 Å². The Balaban J connectivity index is 1.68. The van der Waals surface area contributed by atoms with E-state index in [0.29, 0.717) is 16.3 Å². The summed E-state index contributed by atoms with van der Waals surface area (Å²) in [7, 11) is 0. The minimum atomic E-state index is -1.20. The predicted octanol–water partition coefficient (Wildman–Crippen LogP) is 2.54. The first-order valence-electron chi connectivity index (χ1n) is 9.84. The van der Waals surface area contributed by atoms with E-state index in [1.165, 1.54) is 6.21 Å². The summed E-state index contributed by atoms with van der Waals surface area (Å²) in [6.45, 7) is 0. The van der Waals surface area contributed by atoms with Crippen LogP contribution in [-0.2, 0) is 4.79 Å². The third-order valence-electron chi connectivity index (χ3n) is 4.76. The normalized spacial score (nSPS) is 11.9. The second kappa shape index (κ2) is 9.48. The van der Waals surface area contributed by atoms with Crippen LogP contribution in [0.3, 0.4) is 0 Å². The van der Waals surface area contributed by atoms with E-state index in [-0.39, 0.29) is 11.3 Å². The molecule has 4 aromatic rings. The molecule has 8 heteroatoms. The summed E-state index contributed by atoms with van der Waals surface area (Å²) in [6.07, 6.45) is 1.49. The number of nitrogens with one attached hydrogen (secondary N) is 3. The van der Waals surface area contributed by atoms with Gasteiger partial charge in [0.1, 0.15) is 5.69 Å². The molecule has 0 aliphatic rings. The van der Waals surface area contributed by atoms with Crippen molar-refractivity contribution in [2.45, 2.75) is 6.04 Å². The van der Waals surface area contributed by atoms with Gasteiger partial charge in [0.05, 0.1) is 11.6 Å². The van der Waals surface area contributed by atoms with Gasteiger partial charge in [-0.3, -0.25) is 14.4 Å². The van der Waals surface area contributed by atoms with Crippen molar-refractivity contribution < 1.29 is 9.59 Å². The molecule has 0 aliphatic carbocycles. The van der Waals surface area contributed by atoms with Gasteiger partial charge >= 0.3 is 0 Å². The maximum Gasteiger partial charge on any atom is 0.272 e. The van der Waals surface area contributed by atoms with Gasteiger partial charge in [-0.05, 0) is 23.8 Å². The first kappa shape index (κ1) is 20.7. The second-order valence-electron chi connectivity index (χ2n) is 6.90. The molecule has 158 valence electrons. The first-order valence-corrected chi connectivity index (χ1v) is 9.84. The molecule has 8 nitrogen and oxygen atoms in total. The Hall–Kier alpha value is -4.59. The van der Waals surface area contributed by atoms with Gasteiger partial charge in [0.25, 0.3) is 17.4 Å². The Morgan fingerprint density at radius 3 is 2.22 bits per heavy atom. The predicted molar refractivity (Wildman–Crippen MR) is 121 cm³/mol. The molecule has 0 unspecified atom stereocenters. The molecule has 0 aliphatic heterocycles. The topological polar surface area (TPSA) is 116 Å². The van der Waals surface area contributed by atoms with Crippen molar-refractivity contribution in [1.82, 2.24) is 20.9 Å². The summed E-state index contributed by atoms with van der Waals surface area (Å²) >= 11 is 0. The van der Waals surface area contributed by atoms with E-state index in [1.54, 1.807) is 54.6 Å². The lowest BCUT2D eigenvalue weighted by molar-refractivity contribution is -0.123. The lowest BCUT2D eigenvalue weighted by atomic mass is 10.0. The molecule has 3 aromatic carbocycles. The molecule has 1 heterocycles. The molecule has 0 fully saturated rings. The van der Waals surface area contributed by atoms with E-state index in [0.717, 1.165) is 5.56 Å². The number of hydrogen-bond donors (Lipinski definition) is 3. The van der Waals surface area contributed by atoms with E-state index >= 15 is 0 Å². The zero-order valence-corrected chi connectivity index (χ0v) is 16.9. The van der Waals surface area contributed by atoms with E-state index in [1.807, 2.05) is 30.3 Å². The van der Waals surface area contributed by atoms with Crippen molar-refractivity contribution in [3.05, 3.63) is 112 Å². The van der Waals surface area contributed by atoms with Crippen LogP contribution in [0.5, 0.6) is 0 Å². The van der Waals surface area contributed by atoms with Gasteiger partial charge in [0.2, 0.25) is 0 Å². The largest absolute Gasteiger partial charge is 0.335 e. The van der Waals surface area contributed by atoms with Crippen LogP contribution in [0.25, 0.3) is 10.8 Å². The Labute approximate surface area is 183 Å². The summed E-state index contributed by atoms with van der Waals surface area (Å²) in [5.74, 6) is -1.07. The van der Waals surface area contributed by atoms with Crippen LogP contribution in [-0.4, -0.2) is 28.2 Å². The highest BCUT2D eigenvalue weighted by atomic mass is 16.2. The third-order valence-corrected chi connectivity index (χ3v) is 4.76. The molecule has 1 aromatic heterocycles. The fourth-order valence-corrected chi connectivity index (χ4v) is 3.19. The Morgan fingerprint density at radius 1 is 0.875 bits per heavy atom. The van der Waals surface area contributed by atoms with Crippen molar-refractivity contribution in [2.75, 3.05) is 0 Å². The van der Waals surface area contributed by atoms with Crippen LogP contribution in [0.1, 0.15) is 27.7 Å². The molecule has 0 saturated heterocycles. The molecule has 0 bridgehead atoms. The average Bonchev–Trinajstić information content (AvgIpc) is 2.84. The maximum absolute atomic E-state index is 13.1. The van der Waals surface area contributed by atoms with E-state index in [4.69, 9.17) is 0 Å². The molecule has 4 rings (SSSR count). The number of fused-ring (bicyclic) bond motifs is 1. The number of rotatable bonds is 6. The number of H-pyrrole nitrogens is 1. The highest BCUT2D eigenvalue weighted by molar-refractivity contribution is 5.99. The van der Waals surface area contributed by atoms with Gasteiger partial charge < -0.3 is 5.32 Å². The van der Waals surface area contributed by atoms with Crippen molar-refractivity contribution in [1.29, 1.82) is 0 Å². The number of carbonyl (C=O) groups is 2. The summed E-state index contributed by atoms with van der Waals surface area (Å²) in [6, 6.07) is 23.3. The number of aromatic amines is 1. The summed E-state index contributed by atoms with van der Waals surface area (Å²) in [5.41, 5.74) is 3.44. The van der Waals surface area contributed by atoms with Crippen LogP contribution >= 0.6 is 0 Å². The molecule has 3 N–H and O–H groups in total. The SMILES string of the molecule is O=C(N[C@@H](C(=O)NN=Cc1ccccc1)c1n[nH]c(=O)c2ccccc12)c1ccccc1. The highest BCUT2D eigenvalue weighted by Gasteiger charge is 2.27. The third kappa shape index (κ3) is 4.59. The zero-order valence-electron chi connectivity index (χ0n) is 16.9.